The third-order valence-corrected chi connectivity index (χ3v) is 3.46. The summed E-state index contributed by atoms with van der Waals surface area (Å²) in [6.45, 7) is 1.93. The van der Waals surface area contributed by atoms with Crippen molar-refractivity contribution in [2.75, 3.05) is 6.61 Å². The minimum absolute atomic E-state index is 0.232. The molecule has 1 aromatic carbocycles. The third-order valence-electron chi connectivity index (χ3n) is 3.46. The molecule has 3 nitrogen and oxygen atoms in total. The van der Waals surface area contributed by atoms with E-state index in [1.165, 1.54) is 12.8 Å². The number of esters is 1. The van der Waals surface area contributed by atoms with Crippen LogP contribution in [0, 0.1) is 0 Å². The van der Waals surface area contributed by atoms with Gasteiger partial charge in [0.25, 0.3) is 5.78 Å². The van der Waals surface area contributed by atoms with E-state index in [-0.39, 0.29) is 6.61 Å². The lowest BCUT2D eigenvalue weighted by molar-refractivity contribution is -0.137. The van der Waals surface area contributed by atoms with E-state index in [1.807, 2.05) is 12.1 Å². The van der Waals surface area contributed by atoms with Crippen molar-refractivity contribution < 1.29 is 14.3 Å². The zero-order chi connectivity index (χ0) is 13.0. The molecule has 1 aromatic rings. The van der Waals surface area contributed by atoms with E-state index in [0.29, 0.717) is 11.5 Å². The monoisotopic (exact) mass is 246 g/mol. The molecule has 1 aliphatic rings. The van der Waals surface area contributed by atoms with Crippen LogP contribution in [0.4, 0.5) is 0 Å². The predicted octanol–water partition coefficient (Wildman–Crippen LogP) is 3.09. The SMILES string of the molecule is CCOC(=O)C(=O)c1ccccc1C1CCCC1. The van der Waals surface area contributed by atoms with E-state index in [9.17, 15) is 9.59 Å². The highest BCUT2D eigenvalue weighted by molar-refractivity contribution is 6.41. The van der Waals surface area contributed by atoms with Gasteiger partial charge in [0, 0.05) is 5.56 Å². The molecular formula is C15H18O3. The molecule has 0 atom stereocenters. The van der Waals surface area contributed by atoms with Crippen LogP contribution in [-0.4, -0.2) is 18.4 Å². The van der Waals surface area contributed by atoms with Crippen molar-refractivity contribution >= 4 is 11.8 Å². The summed E-state index contributed by atoms with van der Waals surface area (Å²) in [4.78, 5) is 23.6. The highest BCUT2D eigenvalue weighted by atomic mass is 16.5. The summed E-state index contributed by atoms with van der Waals surface area (Å²) in [5.74, 6) is -0.845. The number of Topliss-reactive ketones (excluding diaryl/α,β-unsaturated/α-hetero) is 1. The molecule has 1 aliphatic carbocycles. The fourth-order valence-corrected chi connectivity index (χ4v) is 2.60. The van der Waals surface area contributed by atoms with Crippen molar-refractivity contribution in [3.63, 3.8) is 0 Å². The highest BCUT2D eigenvalue weighted by Gasteiger charge is 2.25. The van der Waals surface area contributed by atoms with Gasteiger partial charge in [-0.05, 0) is 31.2 Å². The van der Waals surface area contributed by atoms with Crippen LogP contribution in [-0.2, 0) is 9.53 Å². The molecule has 0 aromatic heterocycles. The second kappa shape index (κ2) is 5.80. The van der Waals surface area contributed by atoms with Gasteiger partial charge in [-0.15, -0.1) is 0 Å². The molecule has 3 heteroatoms. The van der Waals surface area contributed by atoms with Gasteiger partial charge in [0.1, 0.15) is 0 Å². The average Bonchev–Trinajstić information content (AvgIpc) is 2.92. The summed E-state index contributed by atoms with van der Waals surface area (Å²) in [6, 6.07) is 7.41. The molecule has 18 heavy (non-hydrogen) atoms. The maximum absolute atomic E-state index is 12.0. The van der Waals surface area contributed by atoms with Crippen molar-refractivity contribution in [2.45, 2.75) is 38.5 Å². The first-order valence-corrected chi connectivity index (χ1v) is 6.54. The summed E-state index contributed by atoms with van der Waals surface area (Å²) >= 11 is 0. The quantitative estimate of drug-likeness (QED) is 0.466. The second-order valence-corrected chi connectivity index (χ2v) is 4.62. The van der Waals surface area contributed by atoms with Gasteiger partial charge in [-0.3, -0.25) is 4.79 Å². The van der Waals surface area contributed by atoms with Crippen molar-refractivity contribution in [3.05, 3.63) is 35.4 Å². The van der Waals surface area contributed by atoms with Gasteiger partial charge in [0.2, 0.25) is 0 Å². The predicted molar refractivity (Wildman–Crippen MR) is 68.6 cm³/mol. The largest absolute Gasteiger partial charge is 0.460 e. The lowest BCUT2D eigenvalue weighted by atomic mass is 9.91. The summed E-state index contributed by atoms with van der Waals surface area (Å²) in [5, 5.41) is 0. The Hall–Kier alpha value is -1.64. The van der Waals surface area contributed by atoms with Gasteiger partial charge in [0.05, 0.1) is 6.61 Å². The maximum Gasteiger partial charge on any atom is 0.379 e. The molecule has 0 unspecified atom stereocenters. The van der Waals surface area contributed by atoms with Gasteiger partial charge in [-0.2, -0.15) is 0 Å². The van der Waals surface area contributed by atoms with Gasteiger partial charge >= 0.3 is 5.97 Å². The summed E-state index contributed by atoms with van der Waals surface area (Å²) in [6.07, 6.45) is 4.61. The molecule has 0 N–H and O–H groups in total. The Labute approximate surface area is 107 Å². The summed E-state index contributed by atoms with van der Waals surface area (Å²) in [7, 11) is 0. The fraction of sp³-hybridized carbons (Fsp3) is 0.467. The number of ether oxygens (including phenoxy) is 1. The minimum atomic E-state index is -0.747. The molecule has 0 amide bonds. The molecule has 0 bridgehead atoms. The third kappa shape index (κ3) is 2.61. The Kier molecular flexibility index (Phi) is 4.13. The lowest BCUT2D eigenvalue weighted by Crippen LogP contribution is -2.19. The smallest absolute Gasteiger partial charge is 0.379 e. The molecule has 0 spiro atoms. The maximum atomic E-state index is 12.0. The van der Waals surface area contributed by atoms with Crippen LogP contribution >= 0.6 is 0 Å². The van der Waals surface area contributed by atoms with Crippen molar-refractivity contribution in [3.8, 4) is 0 Å². The molecule has 1 saturated carbocycles. The number of ketones is 1. The molecular weight excluding hydrogens is 228 g/mol. The van der Waals surface area contributed by atoms with E-state index in [0.717, 1.165) is 18.4 Å². The zero-order valence-electron chi connectivity index (χ0n) is 10.6. The molecule has 0 heterocycles. The van der Waals surface area contributed by atoms with Crippen LogP contribution in [0.2, 0.25) is 0 Å². The van der Waals surface area contributed by atoms with Crippen LogP contribution < -0.4 is 0 Å². The van der Waals surface area contributed by atoms with Crippen molar-refractivity contribution in [2.24, 2.45) is 0 Å². The highest BCUT2D eigenvalue weighted by Crippen LogP contribution is 2.35. The molecule has 96 valence electrons. The summed E-state index contributed by atoms with van der Waals surface area (Å²) < 4.78 is 4.79. The van der Waals surface area contributed by atoms with Gasteiger partial charge < -0.3 is 4.74 Å². The Bertz CT molecular complexity index is 445. The first-order valence-electron chi connectivity index (χ1n) is 6.54. The molecule has 0 aliphatic heterocycles. The van der Waals surface area contributed by atoms with Crippen LogP contribution in [0.15, 0.2) is 24.3 Å². The van der Waals surface area contributed by atoms with Gasteiger partial charge in [-0.25, -0.2) is 4.79 Å². The van der Waals surface area contributed by atoms with Gasteiger partial charge in [-0.1, -0.05) is 37.1 Å². The minimum Gasteiger partial charge on any atom is -0.460 e. The van der Waals surface area contributed by atoms with Crippen LogP contribution in [0.25, 0.3) is 0 Å². The van der Waals surface area contributed by atoms with Crippen molar-refractivity contribution in [1.29, 1.82) is 0 Å². The number of carbonyl (C=O) groups is 2. The lowest BCUT2D eigenvalue weighted by Gasteiger charge is -2.13. The van der Waals surface area contributed by atoms with E-state index < -0.39 is 11.8 Å². The second-order valence-electron chi connectivity index (χ2n) is 4.62. The van der Waals surface area contributed by atoms with Crippen LogP contribution in [0.1, 0.15) is 54.4 Å². The topological polar surface area (TPSA) is 43.4 Å². The first kappa shape index (κ1) is 12.8. The van der Waals surface area contributed by atoms with Crippen LogP contribution in [0.3, 0.4) is 0 Å². The molecule has 1 fully saturated rings. The zero-order valence-corrected chi connectivity index (χ0v) is 10.6. The number of hydrogen-bond acceptors (Lipinski definition) is 3. The Morgan fingerprint density at radius 3 is 2.56 bits per heavy atom. The van der Waals surface area contributed by atoms with Crippen LogP contribution in [0.5, 0.6) is 0 Å². The number of hydrogen-bond donors (Lipinski definition) is 0. The standard InChI is InChI=1S/C15H18O3/c1-2-18-15(17)14(16)13-10-6-5-9-12(13)11-7-3-4-8-11/h5-6,9-11H,2-4,7-8H2,1H3. The number of rotatable bonds is 4. The molecule has 2 rings (SSSR count). The Morgan fingerprint density at radius 2 is 1.89 bits per heavy atom. The van der Waals surface area contributed by atoms with E-state index in [4.69, 9.17) is 4.74 Å². The Balaban J connectivity index is 2.26. The van der Waals surface area contributed by atoms with E-state index in [2.05, 4.69) is 0 Å². The summed E-state index contributed by atoms with van der Waals surface area (Å²) in [5.41, 5.74) is 1.52. The first-order chi connectivity index (χ1) is 8.74. The van der Waals surface area contributed by atoms with Gasteiger partial charge in [0.15, 0.2) is 0 Å². The number of carbonyl (C=O) groups excluding carboxylic acids is 2. The molecule has 0 saturated heterocycles. The Morgan fingerprint density at radius 1 is 1.22 bits per heavy atom. The number of benzene rings is 1. The average molecular weight is 246 g/mol. The fourth-order valence-electron chi connectivity index (χ4n) is 2.60. The van der Waals surface area contributed by atoms with E-state index in [1.54, 1.807) is 19.1 Å². The van der Waals surface area contributed by atoms with E-state index >= 15 is 0 Å². The molecule has 0 radical (unpaired) electrons. The van der Waals surface area contributed by atoms with Crippen molar-refractivity contribution in [1.82, 2.24) is 0 Å². The normalized spacial score (nSPS) is 15.6.